The number of nitrogens with one attached hydrogen (secondary N) is 2. The molecule has 0 aliphatic heterocycles. The number of aryl methyl sites for hydroxylation is 1. The normalized spacial score (nSPS) is 10.4. The zero-order chi connectivity index (χ0) is 17.8. The second-order valence-electron chi connectivity index (χ2n) is 5.79. The van der Waals surface area contributed by atoms with Gasteiger partial charge in [-0.15, -0.1) is 0 Å². The van der Waals surface area contributed by atoms with Crippen LogP contribution < -0.4 is 10.7 Å². The Labute approximate surface area is 145 Å². The van der Waals surface area contributed by atoms with Gasteiger partial charge in [-0.1, -0.05) is 54.6 Å². The molecule has 0 saturated carbocycles. The summed E-state index contributed by atoms with van der Waals surface area (Å²) >= 11 is 0. The van der Waals surface area contributed by atoms with Gasteiger partial charge in [-0.3, -0.25) is 9.59 Å². The molecule has 1 heterocycles. The van der Waals surface area contributed by atoms with Crippen LogP contribution >= 0.6 is 0 Å². The summed E-state index contributed by atoms with van der Waals surface area (Å²) in [4.78, 5) is 26.5. The third-order valence-electron chi connectivity index (χ3n) is 3.88. The van der Waals surface area contributed by atoms with Crippen LogP contribution in [0.25, 0.3) is 11.1 Å². The number of rotatable bonds is 4. The SMILES string of the molecule is Cc1cc(=O)c(O)c(C(=O)NCc2ccc(-c3ccccc3)cc2)[nH]1. The van der Waals surface area contributed by atoms with E-state index in [-0.39, 0.29) is 5.69 Å². The van der Waals surface area contributed by atoms with Gasteiger partial charge >= 0.3 is 0 Å². The van der Waals surface area contributed by atoms with Crippen LogP contribution in [0.5, 0.6) is 5.75 Å². The maximum atomic E-state index is 12.2. The van der Waals surface area contributed by atoms with Crippen molar-refractivity contribution in [3.63, 3.8) is 0 Å². The van der Waals surface area contributed by atoms with Gasteiger partial charge in [-0.25, -0.2) is 0 Å². The first-order valence-corrected chi connectivity index (χ1v) is 7.90. The summed E-state index contributed by atoms with van der Waals surface area (Å²) in [5.74, 6) is -1.09. The first kappa shape index (κ1) is 16.5. The lowest BCUT2D eigenvalue weighted by molar-refractivity contribution is 0.0942. The van der Waals surface area contributed by atoms with E-state index in [0.717, 1.165) is 16.7 Å². The number of hydrogen-bond acceptors (Lipinski definition) is 3. The van der Waals surface area contributed by atoms with Gasteiger partial charge in [-0.05, 0) is 23.6 Å². The maximum Gasteiger partial charge on any atom is 0.271 e. The number of aromatic nitrogens is 1. The molecule has 5 nitrogen and oxygen atoms in total. The van der Waals surface area contributed by atoms with Gasteiger partial charge in [0.05, 0.1) is 0 Å². The highest BCUT2D eigenvalue weighted by Crippen LogP contribution is 2.19. The van der Waals surface area contributed by atoms with Crippen LogP contribution in [0.1, 0.15) is 21.7 Å². The minimum atomic E-state index is -0.575. The van der Waals surface area contributed by atoms with Crippen molar-refractivity contribution in [2.45, 2.75) is 13.5 Å². The fraction of sp³-hybridized carbons (Fsp3) is 0.100. The molecule has 0 fully saturated rings. The Morgan fingerprint density at radius 2 is 1.68 bits per heavy atom. The number of H-pyrrole nitrogens is 1. The predicted octanol–water partition coefficient (Wildman–Crippen LogP) is 2.99. The van der Waals surface area contributed by atoms with E-state index in [2.05, 4.69) is 10.3 Å². The lowest BCUT2D eigenvalue weighted by Gasteiger charge is -2.08. The molecule has 1 amide bonds. The Kier molecular flexibility index (Phi) is 4.66. The third kappa shape index (κ3) is 3.77. The van der Waals surface area contributed by atoms with E-state index >= 15 is 0 Å². The Morgan fingerprint density at radius 3 is 2.36 bits per heavy atom. The summed E-state index contributed by atoms with van der Waals surface area (Å²) in [5, 5.41) is 12.4. The molecule has 0 bridgehead atoms. The lowest BCUT2D eigenvalue weighted by Crippen LogP contribution is -2.25. The van der Waals surface area contributed by atoms with Crippen molar-refractivity contribution >= 4 is 5.91 Å². The minimum Gasteiger partial charge on any atom is -0.503 e. The average molecular weight is 334 g/mol. The fourth-order valence-electron chi connectivity index (χ4n) is 2.56. The zero-order valence-electron chi connectivity index (χ0n) is 13.7. The van der Waals surface area contributed by atoms with Crippen molar-refractivity contribution in [1.82, 2.24) is 10.3 Å². The van der Waals surface area contributed by atoms with Gasteiger partial charge < -0.3 is 15.4 Å². The molecule has 25 heavy (non-hydrogen) atoms. The smallest absolute Gasteiger partial charge is 0.271 e. The van der Waals surface area contributed by atoms with Gasteiger partial charge in [0.25, 0.3) is 5.91 Å². The molecule has 3 rings (SSSR count). The Bertz CT molecular complexity index is 945. The van der Waals surface area contributed by atoms with E-state index in [4.69, 9.17) is 0 Å². The number of amides is 1. The molecule has 2 aromatic carbocycles. The van der Waals surface area contributed by atoms with Gasteiger partial charge in [0.1, 0.15) is 0 Å². The molecule has 3 aromatic rings. The zero-order valence-corrected chi connectivity index (χ0v) is 13.7. The summed E-state index contributed by atoms with van der Waals surface area (Å²) in [6.45, 7) is 1.95. The lowest BCUT2D eigenvalue weighted by atomic mass is 10.0. The number of aromatic amines is 1. The molecule has 0 aliphatic carbocycles. The van der Waals surface area contributed by atoms with Crippen LogP contribution in [-0.4, -0.2) is 16.0 Å². The van der Waals surface area contributed by atoms with Crippen LogP contribution in [0.3, 0.4) is 0 Å². The molecule has 1 aromatic heterocycles. The van der Waals surface area contributed by atoms with Crippen LogP contribution in [0.2, 0.25) is 0 Å². The predicted molar refractivity (Wildman–Crippen MR) is 96.5 cm³/mol. The number of pyridine rings is 1. The van der Waals surface area contributed by atoms with Crippen LogP contribution in [-0.2, 0) is 6.54 Å². The first-order valence-electron chi connectivity index (χ1n) is 7.90. The molecule has 126 valence electrons. The second kappa shape index (κ2) is 7.05. The number of hydrogen-bond donors (Lipinski definition) is 3. The second-order valence-corrected chi connectivity index (χ2v) is 5.79. The summed E-state index contributed by atoms with van der Waals surface area (Å²) < 4.78 is 0. The molecule has 0 radical (unpaired) electrons. The number of carbonyl (C=O) groups is 1. The van der Waals surface area contributed by atoms with E-state index in [1.807, 2.05) is 54.6 Å². The highest BCUT2D eigenvalue weighted by molar-refractivity contribution is 5.94. The Hall–Kier alpha value is -3.34. The van der Waals surface area contributed by atoms with Gasteiger partial charge in [0, 0.05) is 18.3 Å². The van der Waals surface area contributed by atoms with Gasteiger partial charge in [-0.2, -0.15) is 0 Å². The van der Waals surface area contributed by atoms with E-state index < -0.39 is 17.1 Å². The minimum absolute atomic E-state index is 0.120. The van der Waals surface area contributed by atoms with Crippen molar-refractivity contribution < 1.29 is 9.90 Å². The molecule has 0 saturated heterocycles. The Morgan fingerprint density at radius 1 is 1.04 bits per heavy atom. The quantitative estimate of drug-likeness (QED) is 0.686. The molecule has 0 unspecified atom stereocenters. The Balaban J connectivity index is 1.70. The van der Waals surface area contributed by atoms with E-state index in [0.29, 0.717) is 12.2 Å². The van der Waals surface area contributed by atoms with Crippen LogP contribution in [0.15, 0.2) is 65.5 Å². The monoisotopic (exact) mass is 334 g/mol. The van der Waals surface area contributed by atoms with E-state index in [1.54, 1.807) is 6.92 Å². The summed E-state index contributed by atoms with van der Waals surface area (Å²) in [6.07, 6.45) is 0. The molecular weight excluding hydrogens is 316 g/mol. The highest BCUT2D eigenvalue weighted by atomic mass is 16.3. The van der Waals surface area contributed by atoms with Crippen molar-refractivity contribution in [2.75, 3.05) is 0 Å². The van der Waals surface area contributed by atoms with Crippen molar-refractivity contribution in [2.24, 2.45) is 0 Å². The van der Waals surface area contributed by atoms with Crippen molar-refractivity contribution in [3.8, 4) is 16.9 Å². The number of aromatic hydroxyl groups is 1. The fourth-order valence-corrected chi connectivity index (χ4v) is 2.56. The van der Waals surface area contributed by atoms with E-state index in [1.165, 1.54) is 6.07 Å². The molecular formula is C20H18N2O3. The van der Waals surface area contributed by atoms with Crippen molar-refractivity contribution in [1.29, 1.82) is 0 Å². The molecule has 0 spiro atoms. The average Bonchev–Trinajstić information content (AvgIpc) is 2.64. The topological polar surface area (TPSA) is 82.2 Å². The number of benzene rings is 2. The van der Waals surface area contributed by atoms with E-state index in [9.17, 15) is 14.7 Å². The van der Waals surface area contributed by atoms with Crippen LogP contribution in [0.4, 0.5) is 0 Å². The summed E-state index contributed by atoms with van der Waals surface area (Å²) in [6, 6.07) is 19.1. The molecule has 3 N–H and O–H groups in total. The maximum absolute atomic E-state index is 12.2. The third-order valence-corrected chi connectivity index (χ3v) is 3.88. The summed E-state index contributed by atoms with van der Waals surface area (Å²) in [7, 11) is 0. The largest absolute Gasteiger partial charge is 0.503 e. The summed E-state index contributed by atoms with van der Waals surface area (Å²) in [5.41, 5.74) is 2.96. The molecule has 5 heteroatoms. The van der Waals surface area contributed by atoms with Crippen molar-refractivity contribution in [3.05, 3.63) is 87.8 Å². The molecule has 0 aliphatic rings. The van der Waals surface area contributed by atoms with Gasteiger partial charge in [0.2, 0.25) is 5.43 Å². The van der Waals surface area contributed by atoms with Gasteiger partial charge in [0.15, 0.2) is 11.4 Å². The molecule has 0 atom stereocenters. The van der Waals surface area contributed by atoms with Crippen LogP contribution in [0, 0.1) is 6.92 Å². The first-order chi connectivity index (χ1) is 12.0. The standard InChI is InChI=1S/C20H18N2O3/c1-13-11-17(23)19(24)18(22-13)20(25)21-12-14-7-9-16(10-8-14)15-5-3-2-4-6-15/h2-11,24H,12H2,1H3,(H,21,25)(H,22,23). The highest BCUT2D eigenvalue weighted by Gasteiger charge is 2.14. The number of carbonyl (C=O) groups excluding carboxylic acids is 1.